The van der Waals surface area contributed by atoms with E-state index in [4.69, 9.17) is 0 Å². The highest BCUT2D eigenvalue weighted by atomic mass is 32.1. The van der Waals surface area contributed by atoms with Gasteiger partial charge in [0.2, 0.25) is 0 Å². The Kier molecular flexibility index (Phi) is 7.90. The van der Waals surface area contributed by atoms with Gasteiger partial charge in [-0.2, -0.15) is 0 Å². The zero-order valence-electron chi connectivity index (χ0n) is 21.4. The van der Waals surface area contributed by atoms with Gasteiger partial charge in [0, 0.05) is 30.7 Å². The van der Waals surface area contributed by atoms with Gasteiger partial charge in [-0.3, -0.25) is 18.7 Å². The van der Waals surface area contributed by atoms with Crippen LogP contribution in [0.1, 0.15) is 50.6 Å². The van der Waals surface area contributed by atoms with E-state index in [9.17, 15) is 9.59 Å². The number of nitrogens with one attached hydrogen (secondary N) is 1. The van der Waals surface area contributed by atoms with Crippen molar-refractivity contribution in [2.45, 2.75) is 56.9 Å². The molecule has 4 heterocycles. The molecule has 0 unspecified atom stereocenters. The molecule has 1 N–H and O–H groups in total. The fourth-order valence-electron chi connectivity index (χ4n) is 4.81. The molecule has 8 nitrogen and oxygen atoms in total. The Morgan fingerprint density at radius 3 is 2.53 bits per heavy atom. The molecule has 38 heavy (non-hydrogen) atoms. The van der Waals surface area contributed by atoms with Crippen LogP contribution in [0.25, 0.3) is 26.1 Å². The predicted octanol–water partition coefficient (Wildman–Crippen LogP) is 5.77. The summed E-state index contributed by atoms with van der Waals surface area (Å²) >= 11 is 5.50. The van der Waals surface area contributed by atoms with Gasteiger partial charge >= 0.3 is 0 Å². The van der Waals surface area contributed by atoms with E-state index in [-0.39, 0.29) is 11.1 Å². The average Bonchev–Trinajstić information content (AvgIpc) is 3.33. The number of benzene rings is 1. The fourth-order valence-corrected chi connectivity index (χ4v) is 6.05. The zero-order chi connectivity index (χ0) is 26.6. The largest absolute Gasteiger partial charge is 0.385 e. The number of fused-ring (bicyclic) bond motifs is 3. The van der Waals surface area contributed by atoms with Crippen molar-refractivity contribution in [2.24, 2.45) is 0 Å². The highest BCUT2D eigenvalue weighted by molar-refractivity contribution is 7.80. The first-order valence-electron chi connectivity index (χ1n) is 12.8. The maximum Gasteiger partial charge on any atom is 0.271 e. The van der Waals surface area contributed by atoms with Crippen LogP contribution < -0.4 is 16.4 Å². The standard InChI is InChI=1S/C17H20N4OS.C11H10N2OS/c1-2-18-12-8-9-19-16-13(12)14-15(23-16)17(22)21(10-20-14)11-6-4-3-5-7-11;1-8-2-4-9(5-3-8)13-7-12-6-10(15)11(13)14/h8-11H,2-7H2,1H3,(H,18,19);2-7,15H,1H3. The van der Waals surface area contributed by atoms with Crippen LogP contribution in [0.15, 0.2) is 69.9 Å². The summed E-state index contributed by atoms with van der Waals surface area (Å²) in [7, 11) is 0. The van der Waals surface area contributed by atoms with Crippen molar-refractivity contribution in [2.75, 3.05) is 11.9 Å². The van der Waals surface area contributed by atoms with Gasteiger partial charge in [0.15, 0.2) is 0 Å². The molecule has 196 valence electrons. The number of hydrogen-bond acceptors (Lipinski definition) is 8. The third-order valence-corrected chi connectivity index (χ3v) is 8.15. The van der Waals surface area contributed by atoms with E-state index in [1.807, 2.05) is 41.8 Å². The molecule has 0 spiro atoms. The molecule has 0 atom stereocenters. The van der Waals surface area contributed by atoms with Gasteiger partial charge in [0.05, 0.1) is 27.8 Å². The topological polar surface area (TPSA) is 94.7 Å². The van der Waals surface area contributed by atoms with Gasteiger partial charge in [-0.25, -0.2) is 15.0 Å². The van der Waals surface area contributed by atoms with Gasteiger partial charge in [-0.1, -0.05) is 37.0 Å². The van der Waals surface area contributed by atoms with Crippen molar-refractivity contribution in [3.63, 3.8) is 0 Å². The Bertz CT molecular complexity index is 1680. The lowest BCUT2D eigenvalue weighted by Gasteiger charge is -2.23. The van der Waals surface area contributed by atoms with Crippen LogP contribution in [0.4, 0.5) is 5.69 Å². The first-order chi connectivity index (χ1) is 18.5. The molecule has 0 radical (unpaired) electrons. The molecule has 1 aliphatic rings. The molecule has 1 saturated carbocycles. The summed E-state index contributed by atoms with van der Waals surface area (Å²) in [5.74, 6) is 0. The number of anilines is 1. The summed E-state index contributed by atoms with van der Waals surface area (Å²) < 4.78 is 4.05. The number of aryl methyl sites for hydroxylation is 1. The van der Waals surface area contributed by atoms with Crippen LogP contribution in [-0.2, 0) is 0 Å². The van der Waals surface area contributed by atoms with E-state index in [2.05, 4.69) is 39.8 Å². The monoisotopic (exact) mass is 546 g/mol. The van der Waals surface area contributed by atoms with Crippen LogP contribution in [0.3, 0.4) is 0 Å². The van der Waals surface area contributed by atoms with Gasteiger partial charge in [0.1, 0.15) is 15.9 Å². The van der Waals surface area contributed by atoms with Gasteiger partial charge in [0.25, 0.3) is 11.1 Å². The quantitative estimate of drug-likeness (QED) is 0.278. The minimum absolute atomic E-state index is 0.0901. The van der Waals surface area contributed by atoms with Crippen molar-refractivity contribution >= 4 is 50.1 Å². The molecule has 0 aliphatic heterocycles. The molecule has 0 amide bonds. The Hall–Kier alpha value is -3.50. The highest BCUT2D eigenvalue weighted by Gasteiger charge is 2.20. The van der Waals surface area contributed by atoms with Gasteiger partial charge in [-0.05, 0) is 44.9 Å². The van der Waals surface area contributed by atoms with Crippen molar-refractivity contribution < 1.29 is 0 Å². The highest BCUT2D eigenvalue weighted by Crippen LogP contribution is 2.35. The zero-order valence-corrected chi connectivity index (χ0v) is 23.1. The third-order valence-electron chi connectivity index (χ3n) is 6.77. The minimum atomic E-state index is -0.155. The molecule has 1 fully saturated rings. The number of aromatic nitrogens is 5. The number of pyridine rings is 1. The smallest absolute Gasteiger partial charge is 0.271 e. The molecule has 0 bridgehead atoms. The summed E-state index contributed by atoms with van der Waals surface area (Å²) in [6, 6.07) is 9.92. The second-order valence-electron chi connectivity index (χ2n) is 9.39. The molecular formula is C28H30N6O2S2. The van der Waals surface area contributed by atoms with Crippen LogP contribution >= 0.6 is 24.0 Å². The number of nitrogens with zero attached hydrogens (tertiary/aromatic N) is 5. The van der Waals surface area contributed by atoms with Crippen molar-refractivity contribution in [1.82, 2.24) is 24.1 Å². The molecule has 5 aromatic rings. The fraction of sp³-hybridized carbons (Fsp3) is 0.321. The first kappa shape index (κ1) is 26.1. The molecule has 6 rings (SSSR count). The number of hydrogen-bond donors (Lipinski definition) is 2. The van der Waals surface area contributed by atoms with E-state index < -0.39 is 0 Å². The van der Waals surface area contributed by atoms with Gasteiger partial charge in [-0.15, -0.1) is 24.0 Å². The number of thiol groups is 1. The number of rotatable bonds is 4. The van der Waals surface area contributed by atoms with Crippen molar-refractivity contribution in [3.8, 4) is 5.69 Å². The molecule has 4 aromatic heterocycles. The average molecular weight is 547 g/mol. The lowest BCUT2D eigenvalue weighted by atomic mass is 9.95. The molecule has 1 aromatic carbocycles. The van der Waals surface area contributed by atoms with E-state index in [0.717, 1.165) is 56.8 Å². The van der Waals surface area contributed by atoms with Gasteiger partial charge < -0.3 is 5.32 Å². The first-order valence-corrected chi connectivity index (χ1v) is 14.1. The van der Waals surface area contributed by atoms with Crippen LogP contribution in [-0.4, -0.2) is 30.6 Å². The summed E-state index contributed by atoms with van der Waals surface area (Å²) in [6.07, 6.45) is 12.3. The molecule has 1 aliphatic carbocycles. The molecular weight excluding hydrogens is 516 g/mol. The molecule has 10 heteroatoms. The van der Waals surface area contributed by atoms with Crippen LogP contribution in [0, 0.1) is 6.92 Å². The Morgan fingerprint density at radius 1 is 1.03 bits per heavy atom. The molecule has 0 saturated heterocycles. The van der Waals surface area contributed by atoms with Crippen LogP contribution in [0.2, 0.25) is 0 Å². The Morgan fingerprint density at radius 2 is 1.79 bits per heavy atom. The number of thiophene rings is 1. The SMILES string of the molecule is CCNc1ccnc2sc3c(=O)n(C4CCCCC4)cnc3c12.Cc1ccc(-n2cncc(S)c2=O)cc1. The van der Waals surface area contributed by atoms with Crippen molar-refractivity contribution in [1.29, 1.82) is 0 Å². The lowest BCUT2D eigenvalue weighted by Crippen LogP contribution is -2.26. The van der Waals surface area contributed by atoms with E-state index in [1.54, 1.807) is 12.5 Å². The third kappa shape index (κ3) is 5.23. The normalized spacial score (nSPS) is 13.9. The predicted molar refractivity (Wildman–Crippen MR) is 157 cm³/mol. The Labute approximate surface area is 229 Å². The second-order valence-corrected chi connectivity index (χ2v) is 10.9. The van der Waals surface area contributed by atoms with E-state index in [0.29, 0.717) is 10.9 Å². The lowest BCUT2D eigenvalue weighted by molar-refractivity contribution is 0.345. The van der Waals surface area contributed by atoms with E-state index in [1.165, 1.54) is 47.7 Å². The van der Waals surface area contributed by atoms with Crippen molar-refractivity contribution in [3.05, 3.63) is 81.7 Å². The van der Waals surface area contributed by atoms with E-state index >= 15 is 0 Å². The summed E-state index contributed by atoms with van der Waals surface area (Å²) in [4.78, 5) is 38.9. The van der Waals surface area contributed by atoms with Crippen LogP contribution in [0.5, 0.6) is 0 Å². The Balaban J connectivity index is 0.000000170. The minimum Gasteiger partial charge on any atom is -0.385 e. The summed E-state index contributed by atoms with van der Waals surface area (Å²) in [5.41, 5.74) is 3.68. The summed E-state index contributed by atoms with van der Waals surface area (Å²) in [6.45, 7) is 4.89. The second kappa shape index (κ2) is 11.5. The maximum atomic E-state index is 13.0. The summed E-state index contributed by atoms with van der Waals surface area (Å²) in [5, 5.41) is 4.32. The maximum absolute atomic E-state index is 13.0.